The number of anilines is 1. The number of imidazole rings is 1. The molecule has 1 aromatic carbocycles. The van der Waals surface area contributed by atoms with Crippen LogP contribution in [-0.4, -0.2) is 22.0 Å². The van der Waals surface area contributed by atoms with Crippen LogP contribution in [0.1, 0.15) is 36.5 Å². The molecule has 0 fully saturated rings. The molecule has 2 N–H and O–H groups in total. The van der Waals surface area contributed by atoms with Gasteiger partial charge in [-0.2, -0.15) is 0 Å². The Morgan fingerprint density at radius 3 is 2.95 bits per heavy atom. The van der Waals surface area contributed by atoms with Crippen LogP contribution in [0, 0.1) is 0 Å². The number of benzene rings is 1. The van der Waals surface area contributed by atoms with Crippen LogP contribution < -0.4 is 10.6 Å². The van der Waals surface area contributed by atoms with E-state index in [1.807, 2.05) is 43.6 Å². The smallest absolute Gasteiger partial charge is 0.251 e. The number of carbonyl (C=O) groups is 1. The number of carbonyl (C=O) groups excluding carboxylic acids is 1. The molecule has 0 aliphatic rings. The monoisotopic (exact) mass is 286 g/mol. The maximum Gasteiger partial charge on any atom is 0.251 e. The quantitative estimate of drug-likeness (QED) is 0.822. The first-order valence-electron chi connectivity index (χ1n) is 7.36. The fraction of sp³-hybridized carbons (Fsp3) is 0.375. The van der Waals surface area contributed by atoms with Gasteiger partial charge < -0.3 is 15.2 Å². The molecule has 0 saturated heterocycles. The second-order valence-electron chi connectivity index (χ2n) is 4.83. The van der Waals surface area contributed by atoms with Gasteiger partial charge in [0.25, 0.3) is 5.91 Å². The maximum atomic E-state index is 11.8. The van der Waals surface area contributed by atoms with Crippen LogP contribution in [0.3, 0.4) is 0 Å². The van der Waals surface area contributed by atoms with Gasteiger partial charge in [-0.3, -0.25) is 4.79 Å². The first kappa shape index (κ1) is 15.1. The minimum Gasteiger partial charge on any atom is -0.378 e. The van der Waals surface area contributed by atoms with Crippen LogP contribution in [0.5, 0.6) is 0 Å². The number of amides is 1. The van der Waals surface area contributed by atoms with Gasteiger partial charge in [0.05, 0.1) is 6.54 Å². The largest absolute Gasteiger partial charge is 0.378 e. The zero-order chi connectivity index (χ0) is 15.1. The summed E-state index contributed by atoms with van der Waals surface area (Å²) >= 11 is 0. The van der Waals surface area contributed by atoms with Crippen LogP contribution in [-0.2, 0) is 13.1 Å². The molecule has 1 amide bonds. The Bertz CT molecular complexity index is 591. The average molecular weight is 286 g/mol. The molecule has 1 aromatic heterocycles. The summed E-state index contributed by atoms with van der Waals surface area (Å²) in [5.41, 5.74) is 1.59. The van der Waals surface area contributed by atoms with Crippen molar-refractivity contribution in [2.45, 2.75) is 33.4 Å². The average Bonchev–Trinajstić information content (AvgIpc) is 2.93. The number of rotatable bonds is 7. The molecule has 0 atom stereocenters. The van der Waals surface area contributed by atoms with Crippen LogP contribution in [0.2, 0.25) is 0 Å². The Labute approximate surface area is 125 Å². The number of aromatic nitrogens is 2. The fourth-order valence-corrected chi connectivity index (χ4v) is 2.17. The van der Waals surface area contributed by atoms with E-state index in [9.17, 15) is 4.79 Å². The molecule has 21 heavy (non-hydrogen) atoms. The summed E-state index contributed by atoms with van der Waals surface area (Å²) in [4.78, 5) is 16.2. The SMILES string of the molecule is CCCn1ccnc1CNc1cccc(C(=O)NCC)c1. The molecule has 0 radical (unpaired) electrons. The molecule has 0 unspecified atom stereocenters. The lowest BCUT2D eigenvalue weighted by Gasteiger charge is -2.10. The number of aryl methyl sites for hydroxylation is 1. The lowest BCUT2D eigenvalue weighted by atomic mass is 10.2. The van der Waals surface area contributed by atoms with E-state index in [1.165, 1.54) is 0 Å². The fourth-order valence-electron chi connectivity index (χ4n) is 2.17. The molecule has 0 spiro atoms. The number of nitrogens with zero attached hydrogens (tertiary/aromatic N) is 2. The van der Waals surface area contributed by atoms with Crippen LogP contribution >= 0.6 is 0 Å². The molecule has 0 aliphatic heterocycles. The van der Waals surface area contributed by atoms with Gasteiger partial charge in [-0.05, 0) is 31.5 Å². The van der Waals surface area contributed by atoms with Crippen molar-refractivity contribution in [1.82, 2.24) is 14.9 Å². The molecule has 1 heterocycles. The second-order valence-corrected chi connectivity index (χ2v) is 4.83. The highest BCUT2D eigenvalue weighted by molar-refractivity contribution is 5.95. The van der Waals surface area contributed by atoms with E-state index in [2.05, 4.69) is 27.1 Å². The topological polar surface area (TPSA) is 59.0 Å². The number of hydrogen-bond donors (Lipinski definition) is 2. The molecule has 5 nitrogen and oxygen atoms in total. The summed E-state index contributed by atoms with van der Waals surface area (Å²) in [7, 11) is 0. The van der Waals surface area contributed by atoms with E-state index in [4.69, 9.17) is 0 Å². The first-order valence-corrected chi connectivity index (χ1v) is 7.36. The third kappa shape index (κ3) is 4.08. The van der Waals surface area contributed by atoms with Crippen LogP contribution in [0.25, 0.3) is 0 Å². The summed E-state index contributed by atoms with van der Waals surface area (Å²) in [5.74, 6) is 0.953. The maximum absolute atomic E-state index is 11.8. The molecule has 0 bridgehead atoms. The van der Waals surface area contributed by atoms with Crippen LogP contribution in [0.15, 0.2) is 36.7 Å². The summed E-state index contributed by atoms with van der Waals surface area (Å²) in [5, 5.41) is 6.12. The lowest BCUT2D eigenvalue weighted by Crippen LogP contribution is -2.22. The Morgan fingerprint density at radius 1 is 1.33 bits per heavy atom. The minimum absolute atomic E-state index is 0.0476. The summed E-state index contributed by atoms with van der Waals surface area (Å²) < 4.78 is 2.14. The van der Waals surface area contributed by atoms with Crippen molar-refractivity contribution >= 4 is 11.6 Å². The van der Waals surface area contributed by atoms with Crippen molar-refractivity contribution in [1.29, 1.82) is 0 Å². The van der Waals surface area contributed by atoms with Crippen molar-refractivity contribution in [3.8, 4) is 0 Å². The van der Waals surface area contributed by atoms with Gasteiger partial charge in [-0.1, -0.05) is 13.0 Å². The third-order valence-electron chi connectivity index (χ3n) is 3.18. The molecular weight excluding hydrogens is 264 g/mol. The molecule has 0 aliphatic carbocycles. The molecule has 112 valence electrons. The highest BCUT2D eigenvalue weighted by atomic mass is 16.1. The van der Waals surface area contributed by atoms with E-state index in [1.54, 1.807) is 0 Å². The summed E-state index contributed by atoms with van der Waals surface area (Å²) in [6.45, 7) is 6.30. The summed E-state index contributed by atoms with van der Waals surface area (Å²) in [6.07, 6.45) is 4.89. The van der Waals surface area contributed by atoms with Crippen molar-refractivity contribution in [2.24, 2.45) is 0 Å². The van der Waals surface area contributed by atoms with Gasteiger partial charge in [0.1, 0.15) is 5.82 Å². The van der Waals surface area contributed by atoms with Gasteiger partial charge in [0.15, 0.2) is 0 Å². The zero-order valence-corrected chi connectivity index (χ0v) is 12.6. The zero-order valence-electron chi connectivity index (χ0n) is 12.6. The van der Waals surface area contributed by atoms with Crippen molar-refractivity contribution < 1.29 is 4.79 Å². The van der Waals surface area contributed by atoms with Crippen molar-refractivity contribution in [3.63, 3.8) is 0 Å². The van der Waals surface area contributed by atoms with Gasteiger partial charge in [0.2, 0.25) is 0 Å². The van der Waals surface area contributed by atoms with Gasteiger partial charge in [0, 0.05) is 36.7 Å². The van der Waals surface area contributed by atoms with Gasteiger partial charge >= 0.3 is 0 Å². The number of hydrogen-bond acceptors (Lipinski definition) is 3. The first-order chi connectivity index (χ1) is 10.2. The molecule has 2 rings (SSSR count). The van der Waals surface area contributed by atoms with Gasteiger partial charge in [-0.25, -0.2) is 4.98 Å². The Morgan fingerprint density at radius 2 is 2.19 bits per heavy atom. The Balaban J connectivity index is 2.01. The van der Waals surface area contributed by atoms with E-state index >= 15 is 0 Å². The van der Waals surface area contributed by atoms with E-state index in [0.717, 1.165) is 24.5 Å². The Kier molecular flexibility index (Phi) is 5.37. The van der Waals surface area contributed by atoms with Gasteiger partial charge in [-0.15, -0.1) is 0 Å². The van der Waals surface area contributed by atoms with E-state index < -0.39 is 0 Å². The molecule has 0 saturated carbocycles. The standard InChI is InChI=1S/C16H22N4O/c1-3-9-20-10-8-18-15(20)12-19-14-7-5-6-13(11-14)16(21)17-4-2/h5-8,10-11,19H,3-4,9,12H2,1-2H3,(H,17,21). The number of nitrogens with one attached hydrogen (secondary N) is 2. The van der Waals surface area contributed by atoms with E-state index in [-0.39, 0.29) is 5.91 Å². The highest BCUT2D eigenvalue weighted by Gasteiger charge is 2.06. The minimum atomic E-state index is -0.0476. The van der Waals surface area contributed by atoms with Crippen molar-refractivity contribution in [3.05, 3.63) is 48.0 Å². The third-order valence-corrected chi connectivity index (χ3v) is 3.18. The highest BCUT2D eigenvalue weighted by Crippen LogP contribution is 2.12. The van der Waals surface area contributed by atoms with E-state index in [0.29, 0.717) is 18.7 Å². The lowest BCUT2D eigenvalue weighted by molar-refractivity contribution is 0.0956. The Hall–Kier alpha value is -2.30. The second kappa shape index (κ2) is 7.47. The molecular formula is C16H22N4O. The van der Waals surface area contributed by atoms with Crippen molar-refractivity contribution in [2.75, 3.05) is 11.9 Å². The molecule has 2 aromatic rings. The molecule has 5 heteroatoms. The predicted molar refractivity (Wildman–Crippen MR) is 84.3 cm³/mol. The summed E-state index contributed by atoms with van der Waals surface area (Å²) in [6, 6.07) is 7.51. The van der Waals surface area contributed by atoms with Crippen LogP contribution in [0.4, 0.5) is 5.69 Å². The predicted octanol–water partition coefficient (Wildman–Crippen LogP) is 2.65. The normalized spacial score (nSPS) is 10.4.